The van der Waals surface area contributed by atoms with Crippen LogP contribution in [-0.2, 0) is 4.74 Å². The molecule has 0 spiro atoms. The molecule has 1 saturated heterocycles. The number of ether oxygens (including phenoxy) is 1. The predicted octanol–water partition coefficient (Wildman–Crippen LogP) is 3.50. The first-order valence-corrected chi connectivity index (χ1v) is 8.27. The largest absolute Gasteiger partial charge is 0.377 e. The van der Waals surface area contributed by atoms with Gasteiger partial charge in [0.25, 0.3) is 0 Å². The van der Waals surface area contributed by atoms with E-state index in [1.54, 1.807) is 0 Å². The Morgan fingerprint density at radius 3 is 2.50 bits per heavy atom. The molecule has 0 aromatic carbocycles. The molecule has 3 aliphatic rings. The highest BCUT2D eigenvalue weighted by Gasteiger charge is 2.32. The maximum absolute atomic E-state index is 5.81. The van der Waals surface area contributed by atoms with Crippen LogP contribution in [0.4, 0.5) is 0 Å². The van der Waals surface area contributed by atoms with Crippen LogP contribution in [0.3, 0.4) is 0 Å². The molecule has 0 radical (unpaired) electrons. The molecule has 0 aromatic heterocycles. The standard InChI is InChI=1S/C16H29NO/c1-2-6-14-11-15(9-8-13(14)5-1)17-12-16-7-3-4-10-18-16/h13-17H,1-12H2. The molecule has 1 aliphatic heterocycles. The van der Waals surface area contributed by atoms with Crippen LogP contribution in [0.15, 0.2) is 0 Å². The van der Waals surface area contributed by atoms with Gasteiger partial charge < -0.3 is 10.1 Å². The molecule has 0 bridgehead atoms. The number of hydrogen-bond acceptors (Lipinski definition) is 2. The van der Waals surface area contributed by atoms with Gasteiger partial charge in [-0.3, -0.25) is 0 Å². The van der Waals surface area contributed by atoms with Crippen LogP contribution in [0.25, 0.3) is 0 Å². The van der Waals surface area contributed by atoms with Crippen LogP contribution in [-0.4, -0.2) is 25.3 Å². The SMILES string of the molecule is C1CCC(CNC2CCC3CCCCC3C2)OC1. The Labute approximate surface area is 112 Å². The van der Waals surface area contributed by atoms with Gasteiger partial charge in [0.15, 0.2) is 0 Å². The van der Waals surface area contributed by atoms with Gasteiger partial charge in [0.1, 0.15) is 0 Å². The third-order valence-electron chi connectivity index (χ3n) is 5.45. The molecule has 2 aliphatic carbocycles. The first-order chi connectivity index (χ1) is 8.92. The summed E-state index contributed by atoms with van der Waals surface area (Å²) in [5, 5.41) is 3.80. The zero-order valence-corrected chi connectivity index (χ0v) is 11.7. The summed E-state index contributed by atoms with van der Waals surface area (Å²) in [5.74, 6) is 2.11. The van der Waals surface area contributed by atoms with E-state index in [0.29, 0.717) is 6.10 Å². The van der Waals surface area contributed by atoms with Crippen LogP contribution >= 0.6 is 0 Å². The van der Waals surface area contributed by atoms with E-state index in [1.807, 2.05) is 0 Å². The van der Waals surface area contributed by atoms with Gasteiger partial charge in [-0.05, 0) is 50.4 Å². The van der Waals surface area contributed by atoms with Gasteiger partial charge in [-0.15, -0.1) is 0 Å². The number of fused-ring (bicyclic) bond motifs is 1. The fraction of sp³-hybridized carbons (Fsp3) is 1.00. The second kappa shape index (κ2) is 6.38. The molecule has 1 heterocycles. The molecule has 3 rings (SSSR count). The quantitative estimate of drug-likeness (QED) is 0.829. The van der Waals surface area contributed by atoms with Crippen molar-refractivity contribution in [3.63, 3.8) is 0 Å². The van der Waals surface area contributed by atoms with E-state index in [4.69, 9.17) is 4.74 Å². The maximum Gasteiger partial charge on any atom is 0.0699 e. The lowest BCUT2D eigenvalue weighted by atomic mass is 9.69. The monoisotopic (exact) mass is 251 g/mol. The first-order valence-electron chi connectivity index (χ1n) is 8.27. The molecular weight excluding hydrogens is 222 g/mol. The van der Waals surface area contributed by atoms with E-state index >= 15 is 0 Å². The summed E-state index contributed by atoms with van der Waals surface area (Å²) in [7, 11) is 0. The molecule has 2 heteroatoms. The molecule has 18 heavy (non-hydrogen) atoms. The molecule has 1 N–H and O–H groups in total. The lowest BCUT2D eigenvalue weighted by Gasteiger charge is -2.40. The highest BCUT2D eigenvalue weighted by molar-refractivity contribution is 4.86. The van der Waals surface area contributed by atoms with Gasteiger partial charge in [-0.25, -0.2) is 0 Å². The van der Waals surface area contributed by atoms with Crippen molar-refractivity contribution >= 4 is 0 Å². The summed E-state index contributed by atoms with van der Waals surface area (Å²) in [6, 6.07) is 0.787. The van der Waals surface area contributed by atoms with E-state index in [2.05, 4.69) is 5.32 Å². The van der Waals surface area contributed by atoms with Crippen molar-refractivity contribution in [3.8, 4) is 0 Å². The minimum Gasteiger partial charge on any atom is -0.377 e. The van der Waals surface area contributed by atoms with E-state index in [0.717, 1.165) is 31.0 Å². The van der Waals surface area contributed by atoms with Gasteiger partial charge in [-0.2, -0.15) is 0 Å². The fourth-order valence-electron chi connectivity index (χ4n) is 4.33. The van der Waals surface area contributed by atoms with Crippen molar-refractivity contribution in [2.75, 3.05) is 13.2 Å². The molecule has 0 aromatic rings. The topological polar surface area (TPSA) is 21.3 Å². The minimum absolute atomic E-state index is 0.503. The third-order valence-corrected chi connectivity index (χ3v) is 5.45. The van der Waals surface area contributed by atoms with Crippen LogP contribution < -0.4 is 5.32 Å². The highest BCUT2D eigenvalue weighted by Crippen LogP contribution is 2.40. The summed E-state index contributed by atoms with van der Waals surface area (Å²) in [6.07, 6.45) is 14.7. The number of rotatable bonds is 3. The highest BCUT2D eigenvalue weighted by atomic mass is 16.5. The second-order valence-corrected chi connectivity index (χ2v) is 6.71. The molecule has 0 amide bonds. The van der Waals surface area contributed by atoms with Gasteiger partial charge in [0.05, 0.1) is 6.10 Å². The van der Waals surface area contributed by atoms with Crippen LogP contribution in [0, 0.1) is 11.8 Å². The van der Waals surface area contributed by atoms with Gasteiger partial charge in [0.2, 0.25) is 0 Å². The van der Waals surface area contributed by atoms with E-state index in [-0.39, 0.29) is 0 Å². The second-order valence-electron chi connectivity index (χ2n) is 6.71. The lowest BCUT2D eigenvalue weighted by Crippen LogP contribution is -2.42. The van der Waals surface area contributed by atoms with E-state index < -0.39 is 0 Å². The average molecular weight is 251 g/mol. The predicted molar refractivity (Wildman–Crippen MR) is 74.7 cm³/mol. The van der Waals surface area contributed by atoms with E-state index in [1.165, 1.54) is 64.2 Å². The Bertz CT molecular complexity index is 249. The van der Waals surface area contributed by atoms with Gasteiger partial charge >= 0.3 is 0 Å². The third kappa shape index (κ3) is 3.27. The van der Waals surface area contributed by atoms with Crippen LogP contribution in [0.1, 0.15) is 64.2 Å². The summed E-state index contributed by atoms with van der Waals surface area (Å²) in [6.45, 7) is 2.09. The zero-order valence-electron chi connectivity index (χ0n) is 11.7. The summed E-state index contributed by atoms with van der Waals surface area (Å²) in [5.41, 5.74) is 0. The Morgan fingerprint density at radius 1 is 0.833 bits per heavy atom. The molecule has 4 atom stereocenters. The van der Waals surface area contributed by atoms with Crippen molar-refractivity contribution in [1.29, 1.82) is 0 Å². The normalized spacial score (nSPS) is 41.3. The smallest absolute Gasteiger partial charge is 0.0699 e. The van der Waals surface area contributed by atoms with Crippen molar-refractivity contribution in [2.45, 2.75) is 76.4 Å². The summed E-state index contributed by atoms with van der Waals surface area (Å²) >= 11 is 0. The minimum atomic E-state index is 0.503. The Balaban J connectivity index is 1.40. The van der Waals surface area contributed by atoms with E-state index in [9.17, 15) is 0 Å². The molecular formula is C16H29NO. The Morgan fingerprint density at radius 2 is 1.67 bits per heavy atom. The zero-order chi connectivity index (χ0) is 12.2. The van der Waals surface area contributed by atoms with Crippen molar-refractivity contribution in [3.05, 3.63) is 0 Å². The molecule has 4 unspecified atom stereocenters. The molecule has 104 valence electrons. The summed E-state index contributed by atoms with van der Waals surface area (Å²) in [4.78, 5) is 0. The number of hydrogen-bond donors (Lipinski definition) is 1. The van der Waals surface area contributed by atoms with Crippen LogP contribution in [0.2, 0.25) is 0 Å². The number of nitrogens with one attached hydrogen (secondary N) is 1. The van der Waals surface area contributed by atoms with Gasteiger partial charge in [-0.1, -0.05) is 25.7 Å². The van der Waals surface area contributed by atoms with Crippen molar-refractivity contribution in [2.24, 2.45) is 11.8 Å². The molecule has 3 fully saturated rings. The Hall–Kier alpha value is -0.0800. The van der Waals surface area contributed by atoms with Crippen molar-refractivity contribution in [1.82, 2.24) is 5.32 Å². The maximum atomic E-state index is 5.81. The lowest BCUT2D eigenvalue weighted by molar-refractivity contribution is 0.0128. The molecule has 2 saturated carbocycles. The summed E-state index contributed by atoms with van der Waals surface area (Å²) < 4.78 is 5.81. The van der Waals surface area contributed by atoms with Gasteiger partial charge in [0, 0.05) is 19.2 Å². The fourth-order valence-corrected chi connectivity index (χ4v) is 4.33. The molecule has 2 nitrogen and oxygen atoms in total. The average Bonchev–Trinajstić information content (AvgIpc) is 2.46. The van der Waals surface area contributed by atoms with Crippen LogP contribution in [0.5, 0.6) is 0 Å². The van der Waals surface area contributed by atoms with Crippen molar-refractivity contribution < 1.29 is 4.74 Å². The first kappa shape index (κ1) is 12.9. The Kier molecular flexibility index (Phi) is 4.58.